The Balaban J connectivity index is 1.62. The first-order valence-corrected chi connectivity index (χ1v) is 9.07. The van der Waals surface area contributed by atoms with Crippen molar-refractivity contribution in [2.75, 3.05) is 18.0 Å². The number of piperidine rings is 1. The number of carbonyl (C=O) groups excluding carboxylic acids is 1. The van der Waals surface area contributed by atoms with Gasteiger partial charge in [0, 0.05) is 31.4 Å². The molecule has 1 saturated carbocycles. The average molecular weight is 323 g/mol. The maximum atomic E-state index is 11.8. The number of nitrogens with zero attached hydrogens (tertiary/aromatic N) is 3. The summed E-state index contributed by atoms with van der Waals surface area (Å²) >= 11 is 1.57. The third-order valence-electron chi connectivity index (χ3n) is 4.61. The van der Waals surface area contributed by atoms with Crippen LogP contribution in [0.15, 0.2) is 5.38 Å². The predicted octanol–water partition coefficient (Wildman–Crippen LogP) is 2.25. The van der Waals surface area contributed by atoms with E-state index in [1.54, 1.807) is 18.3 Å². The number of rotatable bonds is 5. The number of thiazole rings is 1. The van der Waals surface area contributed by atoms with Crippen molar-refractivity contribution in [1.82, 2.24) is 9.88 Å². The third-order valence-corrected chi connectivity index (χ3v) is 5.50. The molecule has 1 aromatic rings. The Bertz CT molecular complexity index is 527. The molecule has 2 heterocycles. The van der Waals surface area contributed by atoms with Gasteiger partial charge < -0.3 is 5.11 Å². The van der Waals surface area contributed by atoms with Gasteiger partial charge in [-0.25, -0.2) is 4.98 Å². The minimum Gasteiger partial charge on any atom is -0.393 e. The van der Waals surface area contributed by atoms with Crippen LogP contribution in [0.5, 0.6) is 0 Å². The average Bonchev–Trinajstić information content (AvgIpc) is 3.19. The summed E-state index contributed by atoms with van der Waals surface area (Å²) in [6, 6.07) is 0.367. The SMILES string of the molecule is CC(=O)N(c1nc(CN2CCCC(C(C)O)C2)cs1)C1CC1. The molecule has 1 aromatic heterocycles. The van der Waals surface area contributed by atoms with Crippen LogP contribution in [0.25, 0.3) is 0 Å². The van der Waals surface area contributed by atoms with Gasteiger partial charge in [0.05, 0.1) is 11.8 Å². The summed E-state index contributed by atoms with van der Waals surface area (Å²) in [7, 11) is 0. The molecular formula is C16H25N3O2S. The van der Waals surface area contributed by atoms with E-state index in [1.165, 1.54) is 0 Å². The number of hydrogen-bond donors (Lipinski definition) is 1. The van der Waals surface area contributed by atoms with Crippen LogP contribution >= 0.6 is 11.3 Å². The van der Waals surface area contributed by atoms with Crippen LogP contribution in [0.1, 0.15) is 45.2 Å². The van der Waals surface area contributed by atoms with E-state index in [0.29, 0.717) is 12.0 Å². The highest BCUT2D eigenvalue weighted by molar-refractivity contribution is 7.14. The fourth-order valence-electron chi connectivity index (χ4n) is 3.22. The van der Waals surface area contributed by atoms with Gasteiger partial charge in [-0.05, 0) is 45.1 Å². The van der Waals surface area contributed by atoms with Crippen LogP contribution in [0.2, 0.25) is 0 Å². The molecule has 1 N–H and O–H groups in total. The summed E-state index contributed by atoms with van der Waals surface area (Å²) in [5.74, 6) is 0.461. The first-order valence-electron chi connectivity index (χ1n) is 8.19. The number of amides is 1. The Morgan fingerprint density at radius 1 is 1.55 bits per heavy atom. The number of likely N-dealkylation sites (tertiary alicyclic amines) is 1. The van der Waals surface area contributed by atoms with Gasteiger partial charge in [-0.15, -0.1) is 11.3 Å². The maximum Gasteiger partial charge on any atom is 0.225 e. The molecule has 0 spiro atoms. The number of aromatic nitrogens is 1. The molecule has 0 radical (unpaired) electrons. The largest absolute Gasteiger partial charge is 0.393 e. The van der Waals surface area contributed by atoms with E-state index in [4.69, 9.17) is 0 Å². The van der Waals surface area contributed by atoms with Crippen LogP contribution in [-0.2, 0) is 11.3 Å². The van der Waals surface area contributed by atoms with Crippen LogP contribution in [0.3, 0.4) is 0 Å². The summed E-state index contributed by atoms with van der Waals surface area (Å²) in [5, 5.41) is 12.7. The predicted molar refractivity (Wildman–Crippen MR) is 88.0 cm³/mol. The normalized spacial score (nSPS) is 24.2. The molecule has 122 valence electrons. The van der Waals surface area contributed by atoms with Gasteiger partial charge in [-0.2, -0.15) is 0 Å². The smallest absolute Gasteiger partial charge is 0.225 e. The third kappa shape index (κ3) is 3.67. The van der Waals surface area contributed by atoms with Crippen LogP contribution in [0, 0.1) is 5.92 Å². The van der Waals surface area contributed by atoms with E-state index in [2.05, 4.69) is 15.3 Å². The fraction of sp³-hybridized carbons (Fsp3) is 0.750. The molecule has 2 atom stereocenters. The van der Waals surface area contributed by atoms with Crippen molar-refractivity contribution in [3.63, 3.8) is 0 Å². The molecule has 1 aliphatic carbocycles. The van der Waals surface area contributed by atoms with Crippen molar-refractivity contribution in [3.05, 3.63) is 11.1 Å². The highest BCUT2D eigenvalue weighted by atomic mass is 32.1. The quantitative estimate of drug-likeness (QED) is 0.903. The van der Waals surface area contributed by atoms with Gasteiger partial charge in [-0.3, -0.25) is 14.6 Å². The lowest BCUT2D eigenvalue weighted by atomic mass is 9.93. The van der Waals surface area contributed by atoms with E-state index in [1.807, 2.05) is 11.8 Å². The molecule has 0 bridgehead atoms. The van der Waals surface area contributed by atoms with Gasteiger partial charge in [0.15, 0.2) is 5.13 Å². The lowest BCUT2D eigenvalue weighted by Crippen LogP contribution is -2.39. The maximum absolute atomic E-state index is 11.8. The Morgan fingerprint density at radius 2 is 2.32 bits per heavy atom. The first kappa shape index (κ1) is 15.9. The van der Waals surface area contributed by atoms with E-state index < -0.39 is 0 Å². The van der Waals surface area contributed by atoms with Crippen molar-refractivity contribution in [1.29, 1.82) is 0 Å². The van der Waals surface area contributed by atoms with Crippen molar-refractivity contribution >= 4 is 22.4 Å². The molecule has 0 aromatic carbocycles. The second kappa shape index (κ2) is 6.64. The second-order valence-electron chi connectivity index (χ2n) is 6.62. The standard InChI is InChI=1S/C16H25N3O2S/c1-11(20)13-4-3-7-18(8-13)9-14-10-22-16(17-14)19(12(2)21)15-5-6-15/h10-11,13,15,20H,3-9H2,1-2H3. The van der Waals surface area contributed by atoms with Crippen molar-refractivity contribution < 1.29 is 9.90 Å². The Morgan fingerprint density at radius 3 is 2.95 bits per heavy atom. The zero-order chi connectivity index (χ0) is 15.7. The van der Waals surface area contributed by atoms with Gasteiger partial charge in [0.1, 0.15) is 0 Å². The topological polar surface area (TPSA) is 56.7 Å². The van der Waals surface area contributed by atoms with Gasteiger partial charge in [0.2, 0.25) is 5.91 Å². The van der Waals surface area contributed by atoms with E-state index in [-0.39, 0.29) is 12.0 Å². The molecule has 22 heavy (non-hydrogen) atoms. The Kier molecular flexibility index (Phi) is 4.80. The molecule has 3 rings (SSSR count). The highest BCUT2D eigenvalue weighted by Crippen LogP contribution is 2.34. The summed E-state index contributed by atoms with van der Waals surface area (Å²) in [5.41, 5.74) is 1.04. The number of aliphatic hydroxyl groups excluding tert-OH is 1. The van der Waals surface area contributed by atoms with E-state index >= 15 is 0 Å². The molecule has 2 aliphatic rings. The number of aliphatic hydroxyl groups is 1. The molecule has 1 saturated heterocycles. The summed E-state index contributed by atoms with van der Waals surface area (Å²) in [6.07, 6.45) is 4.19. The highest BCUT2D eigenvalue weighted by Gasteiger charge is 2.34. The van der Waals surface area contributed by atoms with Gasteiger partial charge in [-0.1, -0.05) is 0 Å². The molecule has 1 amide bonds. The summed E-state index contributed by atoms with van der Waals surface area (Å²) in [6.45, 7) is 6.32. The van der Waals surface area contributed by atoms with Gasteiger partial charge in [0.25, 0.3) is 0 Å². The number of carbonyl (C=O) groups is 1. The molecule has 5 nitrogen and oxygen atoms in total. The Labute approximate surface area is 135 Å². The number of anilines is 1. The molecule has 2 unspecified atom stereocenters. The minimum absolute atomic E-state index is 0.0931. The van der Waals surface area contributed by atoms with Crippen molar-refractivity contribution in [3.8, 4) is 0 Å². The van der Waals surface area contributed by atoms with Crippen LogP contribution in [0.4, 0.5) is 5.13 Å². The molecular weight excluding hydrogens is 298 g/mol. The lowest BCUT2D eigenvalue weighted by molar-refractivity contribution is -0.116. The monoisotopic (exact) mass is 323 g/mol. The molecule has 2 fully saturated rings. The minimum atomic E-state index is -0.239. The molecule has 1 aliphatic heterocycles. The van der Waals surface area contributed by atoms with E-state index in [0.717, 1.165) is 56.1 Å². The summed E-state index contributed by atoms with van der Waals surface area (Å²) < 4.78 is 0. The fourth-order valence-corrected chi connectivity index (χ4v) is 4.15. The zero-order valence-electron chi connectivity index (χ0n) is 13.4. The molecule has 6 heteroatoms. The number of hydrogen-bond acceptors (Lipinski definition) is 5. The van der Waals surface area contributed by atoms with Crippen molar-refractivity contribution in [2.24, 2.45) is 5.92 Å². The lowest BCUT2D eigenvalue weighted by Gasteiger charge is -2.33. The summed E-state index contributed by atoms with van der Waals surface area (Å²) in [4.78, 5) is 20.7. The van der Waals surface area contributed by atoms with Gasteiger partial charge >= 0.3 is 0 Å². The van der Waals surface area contributed by atoms with Crippen LogP contribution in [-0.4, -0.2) is 46.1 Å². The van der Waals surface area contributed by atoms with E-state index in [9.17, 15) is 9.90 Å². The van der Waals surface area contributed by atoms with Crippen LogP contribution < -0.4 is 4.90 Å². The van der Waals surface area contributed by atoms with Crippen molar-refractivity contribution in [2.45, 2.75) is 58.2 Å². The Hall–Kier alpha value is -0.980. The first-order chi connectivity index (χ1) is 10.5. The zero-order valence-corrected chi connectivity index (χ0v) is 14.2. The second-order valence-corrected chi connectivity index (χ2v) is 7.46.